The van der Waals surface area contributed by atoms with Crippen molar-refractivity contribution in [3.63, 3.8) is 0 Å². The summed E-state index contributed by atoms with van der Waals surface area (Å²) in [6, 6.07) is 23.6. The molecule has 0 radical (unpaired) electrons. The molecule has 0 saturated heterocycles. The Morgan fingerprint density at radius 3 is 2.62 bits per heavy atom. The van der Waals surface area contributed by atoms with Gasteiger partial charge in [-0.2, -0.15) is 5.10 Å². The van der Waals surface area contributed by atoms with E-state index >= 15 is 0 Å². The average Bonchev–Trinajstić information content (AvgIpc) is 3.61. The summed E-state index contributed by atoms with van der Waals surface area (Å²) in [6.07, 6.45) is 0.487. The summed E-state index contributed by atoms with van der Waals surface area (Å²) in [5.41, 5.74) is 9.82. The number of carbonyl (C=O) groups excluding carboxylic acids is 1. The molecule has 2 unspecified atom stereocenters. The van der Waals surface area contributed by atoms with E-state index in [0.717, 1.165) is 26.5 Å². The number of amidine groups is 1. The Kier molecular flexibility index (Phi) is 8.15. The molecule has 3 aromatic carbocycles. The van der Waals surface area contributed by atoms with Crippen LogP contribution >= 0.6 is 11.3 Å². The highest BCUT2D eigenvalue weighted by molar-refractivity contribution is 7.83. The van der Waals surface area contributed by atoms with E-state index in [1.54, 1.807) is 47.7 Å². The predicted octanol–water partition coefficient (Wildman–Crippen LogP) is 5.28. The van der Waals surface area contributed by atoms with Gasteiger partial charge in [-0.3, -0.25) is 15.3 Å². The number of nitrogens with two attached hydrogens (primary N) is 1. The van der Waals surface area contributed by atoms with E-state index in [9.17, 15) is 9.00 Å². The first-order valence-corrected chi connectivity index (χ1v) is 14.7. The number of aromatic amines is 1. The Balaban J connectivity index is 1.38. The molecule has 0 spiro atoms. The minimum absolute atomic E-state index is 0.0101. The van der Waals surface area contributed by atoms with Crippen LogP contribution in [0, 0.1) is 5.41 Å². The van der Waals surface area contributed by atoms with Crippen LogP contribution in [0.1, 0.15) is 58.1 Å². The van der Waals surface area contributed by atoms with E-state index in [1.807, 2.05) is 56.3 Å². The molecule has 5 aromatic rings. The van der Waals surface area contributed by atoms with E-state index in [1.165, 1.54) is 0 Å². The molecule has 0 bridgehead atoms. The quantitative estimate of drug-likeness (QED) is 0.114. The highest BCUT2D eigenvalue weighted by atomic mass is 32.2. The standard InChI is InChI=1S/C29H29N7O2S2/c1-17(2)23-16-24(35-34-23)28(37)32-20-9-6-10-21(15-20)40(38)36-25(14-18-7-5-8-19(13-18)27(30)31)29-33-22-11-3-4-12-26(22)39-29/h3-13,15-17,25,36H,14H2,1-2H3,(H3,30,31)(H,32,37)(H,34,35). The van der Waals surface area contributed by atoms with E-state index in [0.29, 0.717) is 22.6 Å². The Labute approximate surface area is 238 Å². The molecule has 0 aliphatic heterocycles. The number of nitrogen functional groups attached to an aromatic ring is 1. The third-order valence-corrected chi connectivity index (χ3v) is 8.62. The fraction of sp³-hybridized carbons (Fsp3) is 0.172. The number of anilines is 1. The van der Waals surface area contributed by atoms with Gasteiger partial charge in [-0.05, 0) is 60.4 Å². The minimum atomic E-state index is -1.62. The lowest BCUT2D eigenvalue weighted by atomic mass is 10.0. The lowest BCUT2D eigenvalue weighted by molar-refractivity contribution is 0.102. The maximum absolute atomic E-state index is 13.6. The zero-order chi connectivity index (χ0) is 28.2. The van der Waals surface area contributed by atoms with Crippen molar-refractivity contribution in [2.24, 2.45) is 5.73 Å². The largest absolute Gasteiger partial charge is 0.384 e. The third-order valence-electron chi connectivity index (χ3n) is 6.29. The molecule has 204 valence electrons. The molecule has 40 heavy (non-hydrogen) atoms. The summed E-state index contributed by atoms with van der Waals surface area (Å²) in [4.78, 5) is 18.1. The number of H-pyrrole nitrogens is 1. The van der Waals surface area contributed by atoms with Crippen molar-refractivity contribution in [1.82, 2.24) is 19.9 Å². The number of hydrogen-bond donors (Lipinski definition) is 5. The number of amides is 1. The molecule has 0 aliphatic rings. The van der Waals surface area contributed by atoms with Crippen molar-refractivity contribution >= 4 is 50.0 Å². The van der Waals surface area contributed by atoms with Gasteiger partial charge in [-0.15, -0.1) is 11.3 Å². The molecule has 6 N–H and O–H groups in total. The van der Waals surface area contributed by atoms with Crippen LogP contribution in [0.25, 0.3) is 10.2 Å². The molecular formula is C29H29N7O2S2. The van der Waals surface area contributed by atoms with E-state index < -0.39 is 11.0 Å². The lowest BCUT2D eigenvalue weighted by Gasteiger charge is -2.17. The summed E-state index contributed by atoms with van der Waals surface area (Å²) in [7, 11) is -1.62. The summed E-state index contributed by atoms with van der Waals surface area (Å²) >= 11 is 1.54. The first-order chi connectivity index (χ1) is 19.3. The number of aromatic nitrogens is 3. The Morgan fingerprint density at radius 2 is 1.88 bits per heavy atom. The second-order valence-corrected chi connectivity index (χ2v) is 11.9. The number of carbonyl (C=O) groups is 1. The first kappa shape index (κ1) is 27.4. The zero-order valence-electron chi connectivity index (χ0n) is 22.0. The van der Waals surface area contributed by atoms with Crippen LogP contribution in [-0.4, -0.2) is 31.1 Å². The fourth-order valence-electron chi connectivity index (χ4n) is 4.15. The van der Waals surface area contributed by atoms with Crippen LogP contribution < -0.4 is 15.8 Å². The second kappa shape index (κ2) is 11.9. The maximum Gasteiger partial charge on any atom is 0.276 e. The average molecular weight is 572 g/mol. The van der Waals surface area contributed by atoms with Crippen molar-refractivity contribution in [3.8, 4) is 0 Å². The number of para-hydroxylation sites is 1. The van der Waals surface area contributed by atoms with Crippen LogP contribution in [0.2, 0.25) is 0 Å². The molecule has 0 aliphatic carbocycles. The van der Waals surface area contributed by atoms with Gasteiger partial charge in [0.15, 0.2) is 5.69 Å². The van der Waals surface area contributed by atoms with Crippen LogP contribution in [0.15, 0.2) is 83.8 Å². The minimum Gasteiger partial charge on any atom is -0.384 e. The predicted molar refractivity (Wildman–Crippen MR) is 160 cm³/mol. The third kappa shape index (κ3) is 6.33. The number of fused-ring (bicyclic) bond motifs is 1. The summed E-state index contributed by atoms with van der Waals surface area (Å²) in [5, 5.41) is 18.4. The molecule has 0 fully saturated rings. The number of thiazole rings is 1. The van der Waals surface area contributed by atoms with E-state index in [-0.39, 0.29) is 29.4 Å². The lowest BCUT2D eigenvalue weighted by Crippen LogP contribution is -2.26. The van der Waals surface area contributed by atoms with Crippen molar-refractivity contribution in [2.45, 2.75) is 37.1 Å². The van der Waals surface area contributed by atoms with E-state index in [2.05, 4.69) is 20.2 Å². The summed E-state index contributed by atoms with van der Waals surface area (Å²) < 4.78 is 17.9. The molecule has 2 heterocycles. The summed E-state index contributed by atoms with van der Waals surface area (Å²) in [6.45, 7) is 4.03. The van der Waals surface area contributed by atoms with Crippen LogP contribution in [0.3, 0.4) is 0 Å². The van der Waals surface area contributed by atoms with Gasteiger partial charge in [0.2, 0.25) is 0 Å². The molecule has 11 heteroatoms. The van der Waals surface area contributed by atoms with Crippen molar-refractivity contribution in [3.05, 3.63) is 106 Å². The molecule has 9 nitrogen and oxygen atoms in total. The number of hydrogen-bond acceptors (Lipinski definition) is 6. The molecule has 1 amide bonds. The SMILES string of the molecule is CC(C)c1cc(C(=O)Nc2cccc(S(=O)NC(Cc3cccc(C(=N)N)c3)c3nc4ccccc4s3)c2)n[nH]1. The van der Waals surface area contributed by atoms with Gasteiger partial charge in [0.1, 0.15) is 21.8 Å². The number of rotatable bonds is 10. The van der Waals surface area contributed by atoms with Gasteiger partial charge in [-0.25, -0.2) is 13.9 Å². The van der Waals surface area contributed by atoms with Gasteiger partial charge in [0.05, 0.1) is 21.2 Å². The van der Waals surface area contributed by atoms with Crippen molar-refractivity contribution in [1.29, 1.82) is 5.41 Å². The Morgan fingerprint density at radius 1 is 1.07 bits per heavy atom. The number of benzene rings is 3. The topological polar surface area (TPSA) is 150 Å². The van der Waals surface area contributed by atoms with E-state index in [4.69, 9.17) is 16.1 Å². The van der Waals surface area contributed by atoms with Gasteiger partial charge in [0, 0.05) is 16.9 Å². The first-order valence-electron chi connectivity index (χ1n) is 12.7. The van der Waals surface area contributed by atoms with Gasteiger partial charge in [-0.1, -0.05) is 50.2 Å². The van der Waals surface area contributed by atoms with Crippen molar-refractivity contribution in [2.75, 3.05) is 5.32 Å². The molecule has 2 atom stereocenters. The van der Waals surface area contributed by atoms with Gasteiger partial charge >= 0.3 is 0 Å². The molecule has 2 aromatic heterocycles. The van der Waals surface area contributed by atoms with Crippen LogP contribution in [0.5, 0.6) is 0 Å². The fourth-order valence-corrected chi connectivity index (χ4v) is 6.27. The normalized spacial score (nSPS) is 12.9. The van der Waals surface area contributed by atoms with Crippen LogP contribution in [0.4, 0.5) is 5.69 Å². The Bertz CT molecular complexity index is 1680. The molecule has 0 saturated carbocycles. The molecular weight excluding hydrogens is 543 g/mol. The van der Waals surface area contributed by atoms with Gasteiger partial charge in [0.25, 0.3) is 5.91 Å². The smallest absolute Gasteiger partial charge is 0.276 e. The summed E-state index contributed by atoms with van der Waals surface area (Å²) in [5.74, 6) is -0.139. The number of nitrogens with zero attached hydrogens (tertiary/aromatic N) is 2. The highest BCUT2D eigenvalue weighted by Crippen LogP contribution is 2.29. The second-order valence-electron chi connectivity index (χ2n) is 9.62. The highest BCUT2D eigenvalue weighted by Gasteiger charge is 2.21. The monoisotopic (exact) mass is 571 g/mol. The zero-order valence-corrected chi connectivity index (χ0v) is 23.6. The van der Waals surface area contributed by atoms with Crippen molar-refractivity contribution < 1.29 is 9.00 Å². The number of nitrogens with one attached hydrogen (secondary N) is 4. The maximum atomic E-state index is 13.6. The molecule has 5 rings (SSSR count). The Hall–Kier alpha value is -4.19. The van der Waals surface area contributed by atoms with Crippen LogP contribution in [-0.2, 0) is 17.4 Å². The van der Waals surface area contributed by atoms with Gasteiger partial charge < -0.3 is 11.1 Å².